The Morgan fingerprint density at radius 2 is 2.17 bits per heavy atom. The zero-order valence-corrected chi connectivity index (χ0v) is 10.6. The van der Waals surface area contributed by atoms with Gasteiger partial charge >= 0.3 is 0 Å². The normalized spacial score (nSPS) is 20.6. The highest BCUT2D eigenvalue weighted by molar-refractivity contribution is 5.94. The lowest BCUT2D eigenvalue weighted by atomic mass is 10.1. The first-order chi connectivity index (χ1) is 8.70. The molecule has 1 atom stereocenters. The van der Waals surface area contributed by atoms with Crippen molar-refractivity contribution in [2.75, 3.05) is 19.7 Å². The number of nitrogens with zero attached hydrogens (tertiary/aromatic N) is 1. The topological polar surface area (TPSA) is 29.5 Å². The van der Waals surface area contributed by atoms with Crippen LogP contribution in [0.5, 0.6) is 0 Å². The fourth-order valence-corrected chi connectivity index (χ4v) is 2.10. The third-order valence-electron chi connectivity index (χ3n) is 3.18. The van der Waals surface area contributed by atoms with Gasteiger partial charge in [-0.05, 0) is 37.1 Å². The zero-order chi connectivity index (χ0) is 13.0. The summed E-state index contributed by atoms with van der Waals surface area (Å²) in [5.74, 6) is -0.365. The Labute approximate surface area is 107 Å². The monoisotopic (exact) mass is 251 g/mol. The van der Waals surface area contributed by atoms with Gasteiger partial charge in [-0.3, -0.25) is 4.79 Å². The van der Waals surface area contributed by atoms with Crippen LogP contribution in [-0.4, -0.2) is 36.6 Å². The first kappa shape index (κ1) is 13.0. The summed E-state index contributed by atoms with van der Waals surface area (Å²) in [5.41, 5.74) is 0.535. The number of halogens is 1. The van der Waals surface area contributed by atoms with Crippen LogP contribution in [0.4, 0.5) is 4.39 Å². The second kappa shape index (κ2) is 5.96. The minimum atomic E-state index is -0.322. The van der Waals surface area contributed by atoms with E-state index in [4.69, 9.17) is 4.74 Å². The van der Waals surface area contributed by atoms with Gasteiger partial charge in [0.15, 0.2) is 0 Å². The summed E-state index contributed by atoms with van der Waals surface area (Å²) in [6, 6.07) is 5.70. The Bertz CT molecular complexity index is 405. The van der Waals surface area contributed by atoms with Crippen LogP contribution < -0.4 is 0 Å². The number of rotatable bonds is 2. The number of hydrogen-bond donors (Lipinski definition) is 0. The number of ether oxygens (including phenoxy) is 1. The highest BCUT2D eigenvalue weighted by Crippen LogP contribution is 2.13. The molecule has 1 aromatic rings. The van der Waals surface area contributed by atoms with Crippen molar-refractivity contribution in [1.82, 2.24) is 4.90 Å². The van der Waals surface area contributed by atoms with Gasteiger partial charge in [-0.25, -0.2) is 4.39 Å². The van der Waals surface area contributed by atoms with Gasteiger partial charge in [0, 0.05) is 25.3 Å². The third-order valence-corrected chi connectivity index (χ3v) is 3.18. The molecule has 0 aliphatic carbocycles. The van der Waals surface area contributed by atoms with Crippen molar-refractivity contribution >= 4 is 5.91 Å². The Morgan fingerprint density at radius 1 is 1.44 bits per heavy atom. The van der Waals surface area contributed by atoms with E-state index in [0.717, 1.165) is 12.8 Å². The van der Waals surface area contributed by atoms with Crippen LogP contribution in [0.1, 0.15) is 30.1 Å². The van der Waals surface area contributed by atoms with Crippen LogP contribution in [0.3, 0.4) is 0 Å². The molecule has 18 heavy (non-hydrogen) atoms. The highest BCUT2D eigenvalue weighted by Gasteiger charge is 2.22. The number of amides is 1. The van der Waals surface area contributed by atoms with Crippen LogP contribution in [-0.2, 0) is 4.74 Å². The van der Waals surface area contributed by atoms with Gasteiger partial charge in [0.1, 0.15) is 5.82 Å². The Kier molecular flexibility index (Phi) is 4.31. The van der Waals surface area contributed by atoms with Crippen LogP contribution in [0.25, 0.3) is 0 Å². The van der Waals surface area contributed by atoms with E-state index in [-0.39, 0.29) is 17.8 Å². The van der Waals surface area contributed by atoms with Crippen molar-refractivity contribution in [3.05, 3.63) is 35.6 Å². The summed E-state index contributed by atoms with van der Waals surface area (Å²) in [4.78, 5) is 14.1. The predicted molar refractivity (Wildman–Crippen MR) is 67.0 cm³/mol. The van der Waals surface area contributed by atoms with Crippen LogP contribution in [0.15, 0.2) is 24.3 Å². The summed E-state index contributed by atoms with van der Waals surface area (Å²) in [7, 11) is 0. The van der Waals surface area contributed by atoms with E-state index in [9.17, 15) is 9.18 Å². The van der Waals surface area contributed by atoms with Gasteiger partial charge in [-0.15, -0.1) is 0 Å². The predicted octanol–water partition coefficient (Wildman–Crippen LogP) is 2.47. The van der Waals surface area contributed by atoms with Crippen molar-refractivity contribution in [2.45, 2.75) is 25.9 Å². The highest BCUT2D eigenvalue weighted by atomic mass is 19.1. The average Bonchev–Trinajstić information content (AvgIpc) is 2.64. The lowest BCUT2D eigenvalue weighted by molar-refractivity contribution is 0.0460. The average molecular weight is 251 g/mol. The standard InChI is InChI=1S/C14H18FNO2/c1-2-13-10-16(8-3-9-18-13)14(17)11-4-6-12(15)7-5-11/h4-7,13H,2-3,8-10H2,1H3. The molecule has 4 heteroatoms. The molecule has 0 saturated carbocycles. The summed E-state index contributed by atoms with van der Waals surface area (Å²) in [6.45, 7) is 4.07. The SMILES string of the molecule is CCC1CN(C(=O)c2ccc(F)cc2)CCCO1. The van der Waals surface area contributed by atoms with Crippen molar-refractivity contribution in [3.8, 4) is 0 Å². The molecule has 1 unspecified atom stereocenters. The summed E-state index contributed by atoms with van der Waals surface area (Å²) in [6.07, 6.45) is 1.85. The molecule has 0 aromatic heterocycles. The molecule has 3 nitrogen and oxygen atoms in total. The molecule has 2 rings (SSSR count). The van der Waals surface area contributed by atoms with E-state index in [1.165, 1.54) is 24.3 Å². The molecule has 1 aromatic carbocycles. The molecule has 0 spiro atoms. The second-order valence-corrected chi connectivity index (χ2v) is 4.51. The van der Waals surface area contributed by atoms with E-state index in [2.05, 4.69) is 6.92 Å². The van der Waals surface area contributed by atoms with Crippen LogP contribution >= 0.6 is 0 Å². The van der Waals surface area contributed by atoms with E-state index in [1.54, 1.807) is 4.90 Å². The second-order valence-electron chi connectivity index (χ2n) is 4.51. The van der Waals surface area contributed by atoms with Gasteiger partial charge in [-0.1, -0.05) is 6.92 Å². The first-order valence-corrected chi connectivity index (χ1v) is 6.37. The quantitative estimate of drug-likeness (QED) is 0.808. The summed E-state index contributed by atoms with van der Waals surface area (Å²) >= 11 is 0. The van der Waals surface area contributed by atoms with Crippen molar-refractivity contribution in [1.29, 1.82) is 0 Å². The molecule has 0 radical (unpaired) electrons. The number of benzene rings is 1. The number of carbonyl (C=O) groups is 1. The molecule has 98 valence electrons. The summed E-state index contributed by atoms with van der Waals surface area (Å²) in [5, 5.41) is 0. The van der Waals surface area contributed by atoms with Crippen molar-refractivity contribution < 1.29 is 13.9 Å². The van der Waals surface area contributed by atoms with Gasteiger partial charge in [-0.2, -0.15) is 0 Å². The smallest absolute Gasteiger partial charge is 0.253 e. The van der Waals surface area contributed by atoms with E-state index in [1.807, 2.05) is 0 Å². The minimum absolute atomic E-state index is 0.0426. The molecule has 1 fully saturated rings. The molecule has 1 heterocycles. The van der Waals surface area contributed by atoms with Crippen LogP contribution in [0.2, 0.25) is 0 Å². The Morgan fingerprint density at radius 3 is 2.83 bits per heavy atom. The lowest BCUT2D eigenvalue weighted by Crippen LogP contribution is -2.36. The van der Waals surface area contributed by atoms with E-state index in [0.29, 0.717) is 25.3 Å². The minimum Gasteiger partial charge on any atom is -0.376 e. The maximum absolute atomic E-state index is 12.8. The molecule has 1 aliphatic rings. The fourth-order valence-electron chi connectivity index (χ4n) is 2.10. The Balaban J connectivity index is 2.09. The molecule has 0 bridgehead atoms. The number of carbonyl (C=O) groups excluding carboxylic acids is 1. The van der Waals surface area contributed by atoms with Crippen LogP contribution in [0, 0.1) is 5.82 Å². The van der Waals surface area contributed by atoms with E-state index >= 15 is 0 Å². The van der Waals surface area contributed by atoms with Gasteiger partial charge < -0.3 is 9.64 Å². The lowest BCUT2D eigenvalue weighted by Gasteiger charge is -2.23. The maximum Gasteiger partial charge on any atom is 0.253 e. The molecule has 1 amide bonds. The molecular formula is C14H18FNO2. The third kappa shape index (κ3) is 3.07. The maximum atomic E-state index is 12.8. The zero-order valence-electron chi connectivity index (χ0n) is 10.6. The fraction of sp³-hybridized carbons (Fsp3) is 0.500. The van der Waals surface area contributed by atoms with E-state index < -0.39 is 0 Å². The Hall–Kier alpha value is -1.42. The largest absolute Gasteiger partial charge is 0.376 e. The summed E-state index contributed by atoms with van der Waals surface area (Å²) < 4.78 is 18.5. The molecule has 1 aliphatic heterocycles. The van der Waals surface area contributed by atoms with Gasteiger partial charge in [0.2, 0.25) is 0 Å². The molecule has 0 N–H and O–H groups in total. The van der Waals surface area contributed by atoms with Crippen molar-refractivity contribution in [3.63, 3.8) is 0 Å². The number of hydrogen-bond acceptors (Lipinski definition) is 2. The first-order valence-electron chi connectivity index (χ1n) is 6.37. The molecule has 1 saturated heterocycles. The van der Waals surface area contributed by atoms with Gasteiger partial charge in [0.05, 0.1) is 6.10 Å². The van der Waals surface area contributed by atoms with Gasteiger partial charge in [0.25, 0.3) is 5.91 Å². The molecular weight excluding hydrogens is 233 g/mol. The van der Waals surface area contributed by atoms with Crippen molar-refractivity contribution in [2.24, 2.45) is 0 Å².